The molecule has 0 aliphatic carbocycles. The van der Waals surface area contributed by atoms with Gasteiger partial charge in [-0.25, -0.2) is 4.39 Å². The summed E-state index contributed by atoms with van der Waals surface area (Å²) in [6.07, 6.45) is 0. The maximum atomic E-state index is 13.2. The lowest BCUT2D eigenvalue weighted by Crippen LogP contribution is -2.19. The van der Waals surface area contributed by atoms with E-state index >= 15 is 0 Å². The largest absolute Gasteiger partial charge is 0.486 e. The van der Waals surface area contributed by atoms with Crippen molar-refractivity contribution < 1.29 is 9.13 Å². The van der Waals surface area contributed by atoms with Gasteiger partial charge >= 0.3 is 0 Å². The molecule has 0 saturated heterocycles. The van der Waals surface area contributed by atoms with Crippen molar-refractivity contribution in [2.75, 3.05) is 18.5 Å². The van der Waals surface area contributed by atoms with E-state index in [1.807, 2.05) is 6.07 Å². The van der Waals surface area contributed by atoms with Gasteiger partial charge < -0.3 is 10.1 Å². The second-order valence-electron chi connectivity index (χ2n) is 2.54. The van der Waals surface area contributed by atoms with Crippen LogP contribution >= 0.6 is 22.6 Å². The van der Waals surface area contributed by atoms with Crippen molar-refractivity contribution in [3.05, 3.63) is 21.5 Å². The second-order valence-corrected chi connectivity index (χ2v) is 3.79. The molecule has 1 aromatic carbocycles. The number of halogens is 2. The average molecular weight is 279 g/mol. The summed E-state index contributed by atoms with van der Waals surface area (Å²) in [5.41, 5.74) is 0.755. The zero-order valence-electron chi connectivity index (χ0n) is 6.23. The van der Waals surface area contributed by atoms with E-state index in [1.54, 1.807) is 0 Å². The molecule has 1 N–H and O–H groups in total. The minimum atomic E-state index is -0.288. The number of anilines is 1. The van der Waals surface area contributed by atoms with Crippen LogP contribution in [-0.2, 0) is 0 Å². The second kappa shape index (κ2) is 3.08. The minimum Gasteiger partial charge on any atom is -0.486 e. The van der Waals surface area contributed by atoms with Crippen molar-refractivity contribution in [2.24, 2.45) is 0 Å². The molecule has 1 aliphatic rings. The quantitative estimate of drug-likeness (QED) is 0.735. The molecule has 0 aromatic heterocycles. The van der Waals surface area contributed by atoms with Gasteiger partial charge in [-0.05, 0) is 34.7 Å². The van der Waals surface area contributed by atoms with Crippen molar-refractivity contribution >= 4 is 28.3 Å². The number of ether oxygens (including phenoxy) is 1. The minimum absolute atomic E-state index is 0.288. The molecule has 0 fully saturated rings. The molecule has 0 saturated carbocycles. The molecule has 0 unspecified atom stereocenters. The van der Waals surface area contributed by atoms with Crippen LogP contribution in [0.5, 0.6) is 5.75 Å². The van der Waals surface area contributed by atoms with Crippen molar-refractivity contribution in [2.45, 2.75) is 0 Å². The fraction of sp³-hybridized carbons (Fsp3) is 0.250. The van der Waals surface area contributed by atoms with Gasteiger partial charge in [0, 0.05) is 10.1 Å². The van der Waals surface area contributed by atoms with Gasteiger partial charge in [0.25, 0.3) is 0 Å². The maximum Gasteiger partial charge on any atom is 0.178 e. The Morgan fingerprint density at radius 2 is 2.33 bits per heavy atom. The summed E-state index contributed by atoms with van der Waals surface area (Å²) in [4.78, 5) is 0. The van der Waals surface area contributed by atoms with E-state index in [-0.39, 0.29) is 5.82 Å². The van der Waals surface area contributed by atoms with Crippen LogP contribution < -0.4 is 10.1 Å². The lowest BCUT2D eigenvalue weighted by molar-refractivity contribution is 0.306. The summed E-state index contributed by atoms with van der Waals surface area (Å²) in [5.74, 6) is 0.0609. The highest BCUT2D eigenvalue weighted by Gasteiger charge is 2.14. The van der Waals surface area contributed by atoms with Crippen LogP contribution in [0.1, 0.15) is 0 Å². The summed E-state index contributed by atoms with van der Waals surface area (Å²) in [6.45, 7) is 1.27. The van der Waals surface area contributed by atoms with E-state index in [2.05, 4.69) is 27.9 Å². The predicted octanol–water partition coefficient (Wildman–Crippen LogP) is 2.23. The molecule has 2 nitrogen and oxygen atoms in total. The van der Waals surface area contributed by atoms with Crippen LogP contribution in [0.3, 0.4) is 0 Å². The molecular formula is C8H7FINO. The van der Waals surface area contributed by atoms with Gasteiger partial charge in [0.05, 0.1) is 5.69 Å². The van der Waals surface area contributed by atoms with Gasteiger partial charge in [0.2, 0.25) is 0 Å². The first-order chi connectivity index (χ1) is 5.77. The zero-order valence-corrected chi connectivity index (χ0v) is 8.39. The van der Waals surface area contributed by atoms with Gasteiger partial charge in [-0.15, -0.1) is 0 Å². The molecular weight excluding hydrogens is 272 g/mol. The van der Waals surface area contributed by atoms with E-state index in [0.717, 1.165) is 15.8 Å². The van der Waals surface area contributed by atoms with Gasteiger partial charge in [0.15, 0.2) is 11.6 Å². The van der Waals surface area contributed by atoms with Gasteiger partial charge in [-0.2, -0.15) is 0 Å². The van der Waals surface area contributed by atoms with Crippen LogP contribution in [0.25, 0.3) is 0 Å². The number of benzene rings is 1. The summed E-state index contributed by atoms with van der Waals surface area (Å²) in [6, 6.07) is 3.34. The Balaban J connectivity index is 2.53. The number of nitrogens with one attached hydrogen (secondary N) is 1. The monoisotopic (exact) mass is 279 g/mol. The molecule has 0 bridgehead atoms. The SMILES string of the molecule is Fc1cc(I)cc2c1OCCN2. The van der Waals surface area contributed by atoms with E-state index in [9.17, 15) is 4.39 Å². The number of rotatable bonds is 0. The summed E-state index contributed by atoms with van der Waals surface area (Å²) < 4.78 is 19.2. The average Bonchev–Trinajstić information content (AvgIpc) is 2.04. The molecule has 1 heterocycles. The zero-order chi connectivity index (χ0) is 8.55. The molecule has 0 atom stereocenters. The van der Waals surface area contributed by atoms with Crippen molar-refractivity contribution in [1.29, 1.82) is 0 Å². The van der Waals surface area contributed by atoms with Gasteiger partial charge in [-0.3, -0.25) is 0 Å². The fourth-order valence-corrected chi connectivity index (χ4v) is 1.76. The Kier molecular flexibility index (Phi) is 2.08. The van der Waals surface area contributed by atoms with Crippen molar-refractivity contribution in [3.63, 3.8) is 0 Å². The molecule has 4 heteroatoms. The molecule has 64 valence electrons. The summed E-state index contributed by atoms with van der Waals surface area (Å²) >= 11 is 2.08. The van der Waals surface area contributed by atoms with E-state index in [4.69, 9.17) is 4.74 Å². The van der Waals surface area contributed by atoms with Crippen LogP contribution in [0, 0.1) is 9.39 Å². The lowest BCUT2D eigenvalue weighted by atomic mass is 10.2. The van der Waals surface area contributed by atoms with E-state index < -0.39 is 0 Å². The smallest absolute Gasteiger partial charge is 0.178 e. The van der Waals surface area contributed by atoms with Crippen LogP contribution in [0.2, 0.25) is 0 Å². The standard InChI is InChI=1S/C8H7FINO/c9-6-3-5(10)4-7-8(6)12-2-1-11-7/h3-4,11H,1-2H2. The molecule has 2 rings (SSSR count). The highest BCUT2D eigenvalue weighted by atomic mass is 127. The fourth-order valence-electron chi connectivity index (χ4n) is 1.18. The number of hydrogen-bond acceptors (Lipinski definition) is 2. The van der Waals surface area contributed by atoms with Crippen LogP contribution in [0.4, 0.5) is 10.1 Å². The van der Waals surface area contributed by atoms with Crippen molar-refractivity contribution in [3.8, 4) is 5.75 Å². The molecule has 0 radical (unpaired) electrons. The van der Waals surface area contributed by atoms with Crippen LogP contribution in [0.15, 0.2) is 12.1 Å². The van der Waals surface area contributed by atoms with Crippen LogP contribution in [-0.4, -0.2) is 13.2 Å². The lowest BCUT2D eigenvalue weighted by Gasteiger charge is -2.19. The Morgan fingerprint density at radius 1 is 1.50 bits per heavy atom. The first-order valence-corrected chi connectivity index (χ1v) is 4.71. The molecule has 0 amide bonds. The number of fused-ring (bicyclic) bond motifs is 1. The first-order valence-electron chi connectivity index (χ1n) is 3.63. The van der Waals surface area contributed by atoms with Gasteiger partial charge in [0.1, 0.15) is 6.61 Å². The van der Waals surface area contributed by atoms with E-state index in [0.29, 0.717) is 12.4 Å². The molecule has 0 spiro atoms. The third kappa shape index (κ3) is 1.35. The third-order valence-corrected chi connectivity index (χ3v) is 2.30. The highest BCUT2D eigenvalue weighted by molar-refractivity contribution is 14.1. The Bertz CT molecular complexity index is 316. The first kappa shape index (κ1) is 8.10. The highest BCUT2D eigenvalue weighted by Crippen LogP contribution is 2.31. The van der Waals surface area contributed by atoms with Crippen molar-refractivity contribution in [1.82, 2.24) is 0 Å². The maximum absolute atomic E-state index is 13.2. The Hall–Kier alpha value is -0.520. The third-order valence-electron chi connectivity index (χ3n) is 1.67. The molecule has 1 aromatic rings. The Morgan fingerprint density at radius 3 is 3.17 bits per heavy atom. The Labute approximate surface area is 83.2 Å². The topological polar surface area (TPSA) is 21.3 Å². The summed E-state index contributed by atoms with van der Waals surface area (Å²) in [5, 5.41) is 3.07. The predicted molar refractivity (Wildman–Crippen MR) is 53.1 cm³/mol. The molecule has 12 heavy (non-hydrogen) atoms. The summed E-state index contributed by atoms with van der Waals surface area (Å²) in [7, 11) is 0. The number of hydrogen-bond donors (Lipinski definition) is 1. The normalized spacial score (nSPS) is 14.5. The van der Waals surface area contributed by atoms with Gasteiger partial charge in [-0.1, -0.05) is 0 Å². The van der Waals surface area contributed by atoms with E-state index in [1.165, 1.54) is 6.07 Å². The molecule has 1 aliphatic heterocycles.